The van der Waals surface area contributed by atoms with Gasteiger partial charge in [-0.2, -0.15) is 0 Å². The number of hydrogen-bond donors (Lipinski definition) is 2. The third-order valence-electron chi connectivity index (χ3n) is 6.30. The van der Waals surface area contributed by atoms with Crippen molar-refractivity contribution in [2.75, 3.05) is 39.3 Å². The molecule has 0 aliphatic carbocycles. The van der Waals surface area contributed by atoms with Gasteiger partial charge in [0.2, 0.25) is 0 Å². The molecule has 1 aromatic heterocycles. The summed E-state index contributed by atoms with van der Waals surface area (Å²) in [5.41, 5.74) is 5.50. The fraction of sp³-hybridized carbons (Fsp3) is 0.296. The number of pyridine rings is 1. The van der Waals surface area contributed by atoms with Crippen LogP contribution in [-0.4, -0.2) is 70.3 Å². The van der Waals surface area contributed by atoms with E-state index in [1.807, 2.05) is 48.7 Å². The summed E-state index contributed by atoms with van der Waals surface area (Å²) in [4.78, 5) is 9.16. The highest BCUT2D eigenvalue weighted by Crippen LogP contribution is 2.27. The predicted octanol–water partition coefficient (Wildman–Crippen LogP) is 3.14. The van der Waals surface area contributed by atoms with Gasteiger partial charge in [-0.25, -0.2) is 0 Å². The molecular weight excluding hydrogens is 426 g/mol. The molecular formula is C27H31N5O2. The number of β-amino-alcohol motifs (C(OH)–C–C–N with tert-alkyl or cyclic N) is 1. The number of aromatic nitrogens is 1. The monoisotopic (exact) mass is 457 g/mol. The number of allylic oxidation sites excluding steroid dienone is 2. The average Bonchev–Trinajstić information content (AvgIpc) is 2.90. The molecule has 2 aromatic carbocycles. The molecule has 0 spiro atoms. The molecule has 2 atom stereocenters. The number of piperazine rings is 1. The van der Waals surface area contributed by atoms with Crippen LogP contribution in [0.4, 0.5) is 0 Å². The lowest BCUT2D eigenvalue weighted by Gasteiger charge is -2.44. The zero-order valence-electron chi connectivity index (χ0n) is 19.2. The fourth-order valence-corrected chi connectivity index (χ4v) is 4.62. The second-order valence-corrected chi connectivity index (χ2v) is 8.65. The average molecular weight is 458 g/mol. The van der Waals surface area contributed by atoms with Gasteiger partial charge < -0.3 is 15.3 Å². The van der Waals surface area contributed by atoms with Gasteiger partial charge in [0.05, 0.1) is 5.52 Å². The molecule has 1 saturated heterocycles. The SMILES string of the molecule is OC(COc1cccc2ncccc12)CN1CCN(C(c2ccccc2)N2C=CC=CN2)CC1. The van der Waals surface area contributed by atoms with Gasteiger partial charge in [0.1, 0.15) is 24.6 Å². The quantitative estimate of drug-likeness (QED) is 0.539. The van der Waals surface area contributed by atoms with Gasteiger partial charge in [-0.05, 0) is 42.0 Å². The molecule has 176 valence electrons. The minimum absolute atomic E-state index is 0.109. The molecule has 3 heterocycles. The Balaban J connectivity index is 1.16. The molecule has 0 saturated carbocycles. The summed E-state index contributed by atoms with van der Waals surface area (Å²) in [6, 6.07) is 20.3. The second-order valence-electron chi connectivity index (χ2n) is 8.65. The van der Waals surface area contributed by atoms with Crippen molar-refractivity contribution in [3.63, 3.8) is 0 Å². The molecule has 7 nitrogen and oxygen atoms in total. The van der Waals surface area contributed by atoms with Crippen LogP contribution >= 0.6 is 0 Å². The van der Waals surface area contributed by atoms with Crippen molar-refractivity contribution < 1.29 is 9.84 Å². The molecule has 0 amide bonds. The van der Waals surface area contributed by atoms with E-state index in [0.29, 0.717) is 6.54 Å². The van der Waals surface area contributed by atoms with Crippen LogP contribution in [0.5, 0.6) is 5.75 Å². The summed E-state index contributed by atoms with van der Waals surface area (Å²) in [5.74, 6) is 0.760. The molecule has 7 heteroatoms. The molecule has 2 aliphatic heterocycles. The fourth-order valence-electron chi connectivity index (χ4n) is 4.62. The molecule has 2 N–H and O–H groups in total. The van der Waals surface area contributed by atoms with E-state index in [2.05, 4.69) is 61.8 Å². The van der Waals surface area contributed by atoms with E-state index in [1.54, 1.807) is 6.20 Å². The van der Waals surface area contributed by atoms with Crippen LogP contribution < -0.4 is 10.2 Å². The molecule has 2 unspecified atom stereocenters. The van der Waals surface area contributed by atoms with Gasteiger partial charge in [-0.3, -0.25) is 19.8 Å². The second kappa shape index (κ2) is 10.7. The lowest BCUT2D eigenvalue weighted by Crippen LogP contribution is -2.54. The minimum Gasteiger partial charge on any atom is -0.490 e. The van der Waals surface area contributed by atoms with Crippen LogP contribution in [0.1, 0.15) is 11.7 Å². The van der Waals surface area contributed by atoms with E-state index >= 15 is 0 Å². The van der Waals surface area contributed by atoms with Gasteiger partial charge >= 0.3 is 0 Å². The summed E-state index contributed by atoms with van der Waals surface area (Å²) in [6.07, 6.45) is 9.40. The van der Waals surface area contributed by atoms with E-state index in [4.69, 9.17) is 4.74 Å². The number of nitrogens with zero attached hydrogens (tertiary/aromatic N) is 4. The number of hydrazine groups is 1. The smallest absolute Gasteiger partial charge is 0.128 e. The van der Waals surface area contributed by atoms with Crippen molar-refractivity contribution in [3.8, 4) is 5.75 Å². The molecule has 1 fully saturated rings. The van der Waals surface area contributed by atoms with Gasteiger partial charge in [-0.1, -0.05) is 36.4 Å². The van der Waals surface area contributed by atoms with Crippen LogP contribution in [0.3, 0.4) is 0 Å². The van der Waals surface area contributed by atoms with Crippen LogP contribution in [0.2, 0.25) is 0 Å². The molecule has 2 aliphatic rings. The third-order valence-corrected chi connectivity index (χ3v) is 6.30. The van der Waals surface area contributed by atoms with Crippen LogP contribution in [0.15, 0.2) is 91.4 Å². The zero-order chi connectivity index (χ0) is 23.2. The van der Waals surface area contributed by atoms with Crippen LogP contribution in [0.25, 0.3) is 10.9 Å². The Morgan fingerprint density at radius 1 is 0.941 bits per heavy atom. The van der Waals surface area contributed by atoms with E-state index in [9.17, 15) is 5.11 Å². The number of benzene rings is 2. The maximum atomic E-state index is 10.7. The lowest BCUT2D eigenvalue weighted by atomic mass is 10.1. The Morgan fingerprint density at radius 2 is 1.79 bits per heavy atom. The summed E-state index contributed by atoms with van der Waals surface area (Å²) < 4.78 is 5.96. The number of fused-ring (bicyclic) bond motifs is 1. The number of rotatable bonds is 8. The first kappa shape index (κ1) is 22.4. The van der Waals surface area contributed by atoms with E-state index in [1.165, 1.54) is 5.56 Å². The number of nitrogens with one attached hydrogen (secondary N) is 1. The Labute approximate surface area is 200 Å². The molecule has 34 heavy (non-hydrogen) atoms. The molecule has 0 radical (unpaired) electrons. The topological polar surface area (TPSA) is 64.1 Å². The molecule has 5 rings (SSSR count). The van der Waals surface area contributed by atoms with Crippen molar-refractivity contribution in [2.24, 2.45) is 0 Å². The maximum absolute atomic E-state index is 10.7. The Hall–Kier alpha value is -3.39. The standard InChI is InChI=1S/C27H31N5O2/c33-23(21-34-26-12-6-11-25-24(26)10-7-13-28-25)20-30-16-18-31(19-17-30)27(22-8-2-1-3-9-22)32-15-5-4-14-29-32/h1-15,23,27,29,33H,16-21H2. The Bertz CT molecular complexity index is 1120. The van der Waals surface area contributed by atoms with Gasteiger partial charge in [0, 0.05) is 56.7 Å². The lowest BCUT2D eigenvalue weighted by molar-refractivity contribution is -0.00353. The normalized spacial score (nSPS) is 18.6. The Morgan fingerprint density at radius 3 is 2.59 bits per heavy atom. The number of hydrogen-bond acceptors (Lipinski definition) is 7. The number of ether oxygens (including phenoxy) is 1. The van der Waals surface area contributed by atoms with Crippen LogP contribution in [0, 0.1) is 0 Å². The van der Waals surface area contributed by atoms with E-state index < -0.39 is 6.10 Å². The highest BCUT2D eigenvalue weighted by molar-refractivity contribution is 5.84. The first-order valence-corrected chi connectivity index (χ1v) is 11.8. The molecule has 0 bridgehead atoms. The summed E-state index contributed by atoms with van der Waals surface area (Å²) in [6.45, 7) is 4.47. The minimum atomic E-state index is -0.555. The summed E-state index contributed by atoms with van der Waals surface area (Å²) in [7, 11) is 0. The van der Waals surface area contributed by atoms with E-state index in [0.717, 1.165) is 42.8 Å². The molecule has 3 aromatic rings. The van der Waals surface area contributed by atoms with Gasteiger partial charge in [0.25, 0.3) is 0 Å². The first-order chi connectivity index (χ1) is 16.8. The predicted molar refractivity (Wildman–Crippen MR) is 134 cm³/mol. The van der Waals surface area contributed by atoms with Crippen molar-refractivity contribution in [2.45, 2.75) is 12.3 Å². The van der Waals surface area contributed by atoms with Crippen molar-refractivity contribution in [1.82, 2.24) is 25.2 Å². The number of aliphatic hydroxyl groups is 1. The van der Waals surface area contributed by atoms with Crippen molar-refractivity contribution in [1.29, 1.82) is 0 Å². The number of aliphatic hydroxyl groups excluding tert-OH is 1. The van der Waals surface area contributed by atoms with Crippen molar-refractivity contribution >= 4 is 10.9 Å². The van der Waals surface area contributed by atoms with Gasteiger partial charge in [0.15, 0.2) is 0 Å². The summed E-state index contributed by atoms with van der Waals surface area (Å²) >= 11 is 0. The first-order valence-electron chi connectivity index (χ1n) is 11.8. The van der Waals surface area contributed by atoms with Crippen LogP contribution in [-0.2, 0) is 0 Å². The largest absolute Gasteiger partial charge is 0.490 e. The maximum Gasteiger partial charge on any atom is 0.128 e. The van der Waals surface area contributed by atoms with Crippen molar-refractivity contribution in [3.05, 3.63) is 97.0 Å². The summed E-state index contributed by atoms with van der Waals surface area (Å²) in [5, 5.41) is 13.8. The highest BCUT2D eigenvalue weighted by atomic mass is 16.5. The Kier molecular flexibility index (Phi) is 7.05. The van der Waals surface area contributed by atoms with E-state index in [-0.39, 0.29) is 12.8 Å². The third kappa shape index (κ3) is 5.22. The van der Waals surface area contributed by atoms with Gasteiger partial charge in [-0.15, -0.1) is 0 Å². The zero-order valence-corrected chi connectivity index (χ0v) is 19.2. The highest BCUT2D eigenvalue weighted by Gasteiger charge is 2.29.